The predicted octanol–water partition coefficient (Wildman–Crippen LogP) is 1.40. The van der Waals surface area contributed by atoms with Crippen molar-refractivity contribution in [2.75, 3.05) is 24.5 Å². The molecule has 1 saturated heterocycles. The van der Waals surface area contributed by atoms with Crippen molar-refractivity contribution in [2.45, 2.75) is 38.6 Å². The standard InChI is InChI=1S/C15H22N6/c1-11-8-14(21-15(19-11)17-10-18-21)20-6-4-12(5-7-20)9-16-13-2-3-13/h8,10,12-13,16H,2-7,9H2,1H3. The van der Waals surface area contributed by atoms with Crippen LogP contribution in [-0.4, -0.2) is 45.3 Å². The first kappa shape index (κ1) is 13.0. The molecule has 2 aromatic heterocycles. The molecule has 6 heteroatoms. The molecule has 0 aromatic carbocycles. The number of nitrogens with zero attached hydrogens (tertiary/aromatic N) is 5. The van der Waals surface area contributed by atoms with Gasteiger partial charge in [-0.25, -0.2) is 4.98 Å². The van der Waals surface area contributed by atoms with Gasteiger partial charge in [0.2, 0.25) is 0 Å². The van der Waals surface area contributed by atoms with Gasteiger partial charge in [-0.3, -0.25) is 0 Å². The molecule has 1 N–H and O–H groups in total. The Balaban J connectivity index is 1.45. The SMILES string of the molecule is Cc1cc(N2CCC(CNC3CC3)CC2)n2ncnc2n1. The first-order valence-electron chi connectivity index (χ1n) is 7.95. The van der Waals surface area contributed by atoms with Gasteiger partial charge in [-0.05, 0) is 45.1 Å². The van der Waals surface area contributed by atoms with Crippen molar-refractivity contribution in [1.82, 2.24) is 24.9 Å². The van der Waals surface area contributed by atoms with Crippen LogP contribution in [0.5, 0.6) is 0 Å². The average Bonchev–Trinajstić information content (AvgIpc) is 3.21. The van der Waals surface area contributed by atoms with E-state index in [0.717, 1.165) is 36.6 Å². The molecule has 1 aliphatic heterocycles. The van der Waals surface area contributed by atoms with E-state index in [1.54, 1.807) is 6.33 Å². The van der Waals surface area contributed by atoms with E-state index in [0.29, 0.717) is 5.78 Å². The van der Waals surface area contributed by atoms with Gasteiger partial charge in [0.05, 0.1) is 0 Å². The zero-order chi connectivity index (χ0) is 14.2. The van der Waals surface area contributed by atoms with E-state index in [-0.39, 0.29) is 0 Å². The van der Waals surface area contributed by atoms with Gasteiger partial charge in [0, 0.05) is 30.9 Å². The van der Waals surface area contributed by atoms with Gasteiger partial charge in [-0.2, -0.15) is 14.6 Å². The third-order valence-corrected chi connectivity index (χ3v) is 4.57. The number of piperidine rings is 1. The third kappa shape index (κ3) is 2.72. The van der Waals surface area contributed by atoms with E-state index >= 15 is 0 Å². The number of nitrogens with one attached hydrogen (secondary N) is 1. The lowest BCUT2D eigenvalue weighted by Gasteiger charge is -2.33. The molecular formula is C15H22N6. The van der Waals surface area contributed by atoms with Gasteiger partial charge in [0.25, 0.3) is 5.78 Å². The fraction of sp³-hybridized carbons (Fsp3) is 0.667. The molecule has 0 radical (unpaired) electrons. The fourth-order valence-corrected chi connectivity index (χ4v) is 3.12. The molecule has 3 heterocycles. The Bertz CT molecular complexity index is 624. The van der Waals surface area contributed by atoms with Crippen molar-refractivity contribution in [3.05, 3.63) is 18.1 Å². The summed E-state index contributed by atoms with van der Waals surface area (Å²) < 4.78 is 1.86. The monoisotopic (exact) mass is 286 g/mol. The quantitative estimate of drug-likeness (QED) is 0.920. The summed E-state index contributed by atoms with van der Waals surface area (Å²) in [4.78, 5) is 11.0. The topological polar surface area (TPSA) is 58.4 Å². The maximum Gasteiger partial charge on any atom is 0.254 e. The Morgan fingerprint density at radius 2 is 2.05 bits per heavy atom. The zero-order valence-corrected chi connectivity index (χ0v) is 12.5. The van der Waals surface area contributed by atoms with Crippen LogP contribution in [-0.2, 0) is 0 Å². The molecule has 1 aliphatic carbocycles. The van der Waals surface area contributed by atoms with E-state index in [4.69, 9.17) is 0 Å². The Labute approximate surface area is 124 Å². The zero-order valence-electron chi connectivity index (χ0n) is 12.5. The van der Waals surface area contributed by atoms with Crippen LogP contribution in [0.3, 0.4) is 0 Å². The van der Waals surface area contributed by atoms with Crippen molar-refractivity contribution < 1.29 is 0 Å². The minimum atomic E-state index is 0.697. The van der Waals surface area contributed by atoms with Crippen LogP contribution in [0.25, 0.3) is 5.78 Å². The number of rotatable bonds is 4. The fourth-order valence-electron chi connectivity index (χ4n) is 3.12. The molecule has 4 rings (SSSR count). The summed E-state index contributed by atoms with van der Waals surface area (Å²) in [5.74, 6) is 2.64. The number of hydrogen-bond donors (Lipinski definition) is 1. The molecule has 6 nitrogen and oxygen atoms in total. The van der Waals surface area contributed by atoms with Crippen molar-refractivity contribution >= 4 is 11.6 Å². The molecule has 2 aromatic rings. The average molecular weight is 286 g/mol. The van der Waals surface area contributed by atoms with Crippen LogP contribution in [0.4, 0.5) is 5.82 Å². The van der Waals surface area contributed by atoms with E-state index in [1.165, 1.54) is 32.2 Å². The summed E-state index contributed by atoms with van der Waals surface area (Å²) in [5, 5.41) is 7.97. The highest BCUT2D eigenvalue weighted by molar-refractivity contribution is 5.47. The molecule has 0 amide bonds. The smallest absolute Gasteiger partial charge is 0.254 e. The van der Waals surface area contributed by atoms with Crippen molar-refractivity contribution in [1.29, 1.82) is 0 Å². The van der Waals surface area contributed by atoms with E-state index in [1.807, 2.05) is 11.4 Å². The second-order valence-electron chi connectivity index (χ2n) is 6.34. The summed E-state index contributed by atoms with van der Waals surface area (Å²) in [7, 11) is 0. The van der Waals surface area contributed by atoms with Gasteiger partial charge >= 0.3 is 0 Å². The minimum absolute atomic E-state index is 0.697. The highest BCUT2D eigenvalue weighted by Gasteiger charge is 2.25. The summed E-state index contributed by atoms with van der Waals surface area (Å²) >= 11 is 0. The van der Waals surface area contributed by atoms with E-state index < -0.39 is 0 Å². The molecule has 2 aliphatic rings. The van der Waals surface area contributed by atoms with Crippen molar-refractivity contribution in [3.8, 4) is 0 Å². The molecule has 0 atom stereocenters. The third-order valence-electron chi connectivity index (χ3n) is 4.57. The number of anilines is 1. The summed E-state index contributed by atoms with van der Waals surface area (Å²) in [6, 6.07) is 2.94. The largest absolute Gasteiger partial charge is 0.356 e. The van der Waals surface area contributed by atoms with Crippen LogP contribution in [0.15, 0.2) is 12.4 Å². The van der Waals surface area contributed by atoms with Crippen LogP contribution < -0.4 is 10.2 Å². The molecule has 1 saturated carbocycles. The van der Waals surface area contributed by atoms with Crippen LogP contribution in [0.1, 0.15) is 31.4 Å². The first-order valence-corrected chi connectivity index (χ1v) is 7.95. The van der Waals surface area contributed by atoms with Crippen LogP contribution >= 0.6 is 0 Å². The molecule has 0 bridgehead atoms. The van der Waals surface area contributed by atoms with Crippen molar-refractivity contribution in [3.63, 3.8) is 0 Å². The number of fused-ring (bicyclic) bond motifs is 1. The lowest BCUT2D eigenvalue weighted by molar-refractivity contribution is 0.380. The molecular weight excluding hydrogens is 264 g/mol. The van der Waals surface area contributed by atoms with Crippen LogP contribution in [0.2, 0.25) is 0 Å². The summed E-state index contributed by atoms with van der Waals surface area (Å²) in [6.45, 7) is 5.39. The summed E-state index contributed by atoms with van der Waals surface area (Å²) in [6.07, 6.45) is 6.82. The maximum absolute atomic E-state index is 4.41. The Kier molecular flexibility index (Phi) is 3.25. The van der Waals surface area contributed by atoms with Gasteiger partial charge in [-0.1, -0.05) is 0 Å². The minimum Gasteiger partial charge on any atom is -0.356 e. The van der Waals surface area contributed by atoms with Gasteiger partial charge in [0.1, 0.15) is 12.1 Å². The Morgan fingerprint density at radius 3 is 2.81 bits per heavy atom. The second kappa shape index (κ2) is 5.26. The Morgan fingerprint density at radius 1 is 1.24 bits per heavy atom. The lowest BCUT2D eigenvalue weighted by Crippen LogP contribution is -2.38. The lowest BCUT2D eigenvalue weighted by atomic mass is 9.97. The molecule has 21 heavy (non-hydrogen) atoms. The Hall–Kier alpha value is -1.69. The molecule has 112 valence electrons. The van der Waals surface area contributed by atoms with Crippen LogP contribution in [0, 0.1) is 12.8 Å². The number of hydrogen-bond acceptors (Lipinski definition) is 5. The number of aryl methyl sites for hydroxylation is 1. The van der Waals surface area contributed by atoms with E-state index in [2.05, 4.69) is 31.3 Å². The van der Waals surface area contributed by atoms with E-state index in [9.17, 15) is 0 Å². The highest BCUT2D eigenvalue weighted by atomic mass is 15.4. The molecule has 0 spiro atoms. The van der Waals surface area contributed by atoms with Gasteiger partial charge in [-0.15, -0.1) is 0 Å². The predicted molar refractivity (Wildman–Crippen MR) is 81.5 cm³/mol. The number of aromatic nitrogens is 4. The van der Waals surface area contributed by atoms with Gasteiger partial charge < -0.3 is 10.2 Å². The summed E-state index contributed by atoms with van der Waals surface area (Å²) in [5.41, 5.74) is 1.00. The highest BCUT2D eigenvalue weighted by Crippen LogP contribution is 2.25. The molecule has 2 fully saturated rings. The molecule has 0 unspecified atom stereocenters. The van der Waals surface area contributed by atoms with Gasteiger partial charge in [0.15, 0.2) is 0 Å². The first-order chi connectivity index (χ1) is 10.3. The van der Waals surface area contributed by atoms with Crippen molar-refractivity contribution in [2.24, 2.45) is 5.92 Å². The normalized spacial score (nSPS) is 20.3. The second-order valence-corrected chi connectivity index (χ2v) is 6.34. The maximum atomic E-state index is 4.41.